The van der Waals surface area contributed by atoms with Crippen LogP contribution in [0.2, 0.25) is 0 Å². The summed E-state index contributed by atoms with van der Waals surface area (Å²) in [5.74, 6) is -0.226. The van der Waals surface area contributed by atoms with Crippen LogP contribution in [0.4, 0.5) is 4.39 Å². The van der Waals surface area contributed by atoms with E-state index < -0.39 is 6.10 Å². The maximum Gasteiger partial charge on any atom is 0.252 e. The van der Waals surface area contributed by atoms with Crippen molar-refractivity contribution in [2.45, 2.75) is 6.10 Å². The zero-order valence-corrected chi connectivity index (χ0v) is 13.6. The molecule has 0 aliphatic carbocycles. The molecule has 0 fully saturated rings. The average molecular weight is 340 g/mol. The lowest BCUT2D eigenvalue weighted by Gasteiger charge is -2.12. The van der Waals surface area contributed by atoms with Gasteiger partial charge in [0, 0.05) is 31.2 Å². The Labute approximate surface area is 144 Å². The van der Waals surface area contributed by atoms with Crippen molar-refractivity contribution in [2.75, 3.05) is 6.54 Å². The highest BCUT2D eigenvalue weighted by atomic mass is 19.1. The van der Waals surface area contributed by atoms with Crippen LogP contribution in [0.25, 0.3) is 11.3 Å². The van der Waals surface area contributed by atoms with Crippen molar-refractivity contribution in [3.8, 4) is 11.3 Å². The van der Waals surface area contributed by atoms with Gasteiger partial charge in [0.25, 0.3) is 5.91 Å². The summed E-state index contributed by atoms with van der Waals surface area (Å²) in [6, 6.07) is 9.35. The van der Waals surface area contributed by atoms with Gasteiger partial charge in [0.1, 0.15) is 17.7 Å². The van der Waals surface area contributed by atoms with Crippen LogP contribution >= 0.6 is 0 Å². The van der Waals surface area contributed by atoms with E-state index in [1.54, 1.807) is 48.3 Å². The van der Waals surface area contributed by atoms with Crippen LogP contribution < -0.4 is 5.32 Å². The second kappa shape index (κ2) is 7.23. The van der Waals surface area contributed by atoms with E-state index in [2.05, 4.69) is 15.3 Å². The van der Waals surface area contributed by atoms with Gasteiger partial charge < -0.3 is 15.0 Å². The fourth-order valence-corrected chi connectivity index (χ4v) is 2.43. The molecule has 2 heterocycles. The summed E-state index contributed by atoms with van der Waals surface area (Å²) in [6.45, 7) is 0.0370. The quantitative estimate of drug-likeness (QED) is 0.745. The van der Waals surface area contributed by atoms with Gasteiger partial charge in [0.05, 0.1) is 17.8 Å². The van der Waals surface area contributed by atoms with E-state index in [1.807, 2.05) is 0 Å². The Morgan fingerprint density at radius 2 is 2.16 bits per heavy atom. The predicted octanol–water partition coefficient (Wildman–Crippen LogP) is 2.08. The second-order valence-electron chi connectivity index (χ2n) is 5.56. The summed E-state index contributed by atoms with van der Waals surface area (Å²) in [6.07, 6.45) is 3.82. The van der Waals surface area contributed by atoms with Crippen LogP contribution in [0, 0.1) is 5.82 Å². The van der Waals surface area contributed by atoms with E-state index in [1.165, 1.54) is 18.3 Å². The highest BCUT2D eigenvalue weighted by Crippen LogP contribution is 2.18. The zero-order chi connectivity index (χ0) is 17.8. The second-order valence-corrected chi connectivity index (χ2v) is 5.56. The molecule has 2 aromatic heterocycles. The molecule has 3 rings (SSSR count). The van der Waals surface area contributed by atoms with Crippen molar-refractivity contribution in [1.82, 2.24) is 19.9 Å². The van der Waals surface area contributed by atoms with Gasteiger partial charge in [-0.2, -0.15) is 0 Å². The number of aryl methyl sites for hydroxylation is 1. The van der Waals surface area contributed by atoms with Crippen LogP contribution in [-0.2, 0) is 7.05 Å². The number of aliphatic hydroxyl groups is 1. The van der Waals surface area contributed by atoms with Crippen LogP contribution in [-0.4, -0.2) is 32.1 Å². The number of pyridine rings is 1. The Kier molecular flexibility index (Phi) is 4.85. The first-order valence-corrected chi connectivity index (χ1v) is 7.70. The Morgan fingerprint density at radius 3 is 2.80 bits per heavy atom. The molecule has 1 unspecified atom stereocenters. The van der Waals surface area contributed by atoms with Crippen LogP contribution in [0.3, 0.4) is 0 Å². The van der Waals surface area contributed by atoms with E-state index in [0.717, 1.165) is 0 Å². The van der Waals surface area contributed by atoms with E-state index in [-0.39, 0.29) is 18.3 Å². The molecule has 0 aliphatic heterocycles. The van der Waals surface area contributed by atoms with Gasteiger partial charge in [0.15, 0.2) is 0 Å². The molecule has 0 saturated heterocycles. The number of carbonyl (C=O) groups excluding carboxylic acids is 1. The van der Waals surface area contributed by atoms with Gasteiger partial charge in [-0.25, -0.2) is 9.37 Å². The first kappa shape index (κ1) is 16.8. The number of hydrogen-bond donors (Lipinski definition) is 2. The van der Waals surface area contributed by atoms with Crippen molar-refractivity contribution in [1.29, 1.82) is 0 Å². The molecule has 128 valence electrons. The molecular weight excluding hydrogens is 323 g/mol. The number of imidazole rings is 1. The third kappa shape index (κ3) is 3.89. The lowest BCUT2D eigenvalue weighted by molar-refractivity contribution is 0.0909. The van der Waals surface area contributed by atoms with Crippen molar-refractivity contribution in [3.63, 3.8) is 0 Å². The number of halogens is 1. The number of nitrogens with zero attached hydrogens (tertiary/aromatic N) is 3. The zero-order valence-electron chi connectivity index (χ0n) is 13.6. The molecule has 0 bridgehead atoms. The van der Waals surface area contributed by atoms with E-state index in [0.29, 0.717) is 22.6 Å². The number of aromatic nitrogens is 3. The number of rotatable bonds is 5. The Morgan fingerprint density at radius 1 is 1.32 bits per heavy atom. The van der Waals surface area contributed by atoms with Gasteiger partial charge in [-0.15, -0.1) is 0 Å². The minimum atomic E-state index is -0.900. The van der Waals surface area contributed by atoms with Crippen molar-refractivity contribution < 1.29 is 14.3 Å². The molecule has 0 aliphatic rings. The summed E-state index contributed by atoms with van der Waals surface area (Å²) >= 11 is 0. The van der Waals surface area contributed by atoms with Crippen molar-refractivity contribution in [2.24, 2.45) is 7.05 Å². The maximum absolute atomic E-state index is 13.3. The highest BCUT2D eigenvalue weighted by molar-refractivity contribution is 5.94. The van der Waals surface area contributed by atoms with Crippen LogP contribution in [0.5, 0.6) is 0 Å². The summed E-state index contributed by atoms with van der Waals surface area (Å²) < 4.78 is 14.9. The molecule has 0 saturated carbocycles. The molecule has 1 atom stereocenters. The number of hydrogen-bond acceptors (Lipinski definition) is 4. The van der Waals surface area contributed by atoms with E-state index >= 15 is 0 Å². The Bertz CT molecular complexity index is 877. The highest BCUT2D eigenvalue weighted by Gasteiger charge is 2.14. The summed E-state index contributed by atoms with van der Waals surface area (Å²) in [5.41, 5.74) is 1.56. The molecular formula is C18H17FN4O2. The standard InChI is InChI=1S/C18H17FN4O2/c1-23-8-7-20-17(23)16(24)11-22-18(25)13-5-6-15(21-10-13)12-3-2-4-14(19)9-12/h2-10,16,24H,11H2,1H3,(H,22,25). The molecule has 2 N–H and O–H groups in total. The molecule has 6 nitrogen and oxygen atoms in total. The minimum Gasteiger partial charge on any atom is -0.383 e. The maximum atomic E-state index is 13.3. The topological polar surface area (TPSA) is 80.0 Å². The van der Waals surface area contributed by atoms with E-state index in [9.17, 15) is 14.3 Å². The SMILES string of the molecule is Cn1ccnc1C(O)CNC(=O)c1ccc(-c2cccc(F)c2)nc1. The fourth-order valence-electron chi connectivity index (χ4n) is 2.43. The largest absolute Gasteiger partial charge is 0.383 e. The van der Waals surface area contributed by atoms with Crippen LogP contribution in [0.15, 0.2) is 55.0 Å². The smallest absolute Gasteiger partial charge is 0.252 e. The first-order chi connectivity index (χ1) is 12.0. The van der Waals surface area contributed by atoms with Gasteiger partial charge in [-0.05, 0) is 24.3 Å². The van der Waals surface area contributed by atoms with Gasteiger partial charge >= 0.3 is 0 Å². The van der Waals surface area contributed by atoms with Crippen LogP contribution in [0.1, 0.15) is 22.3 Å². The molecule has 0 radical (unpaired) electrons. The average Bonchev–Trinajstić information content (AvgIpc) is 3.05. The summed E-state index contributed by atoms with van der Waals surface area (Å²) in [5, 5.41) is 12.7. The van der Waals surface area contributed by atoms with Crippen molar-refractivity contribution in [3.05, 3.63) is 72.2 Å². The lowest BCUT2D eigenvalue weighted by atomic mass is 10.1. The Balaban J connectivity index is 1.64. The van der Waals surface area contributed by atoms with Gasteiger partial charge in [-0.3, -0.25) is 9.78 Å². The Hall–Kier alpha value is -3.06. The number of benzene rings is 1. The number of carbonyl (C=O) groups is 1. The molecule has 1 aromatic carbocycles. The lowest BCUT2D eigenvalue weighted by Crippen LogP contribution is -2.29. The first-order valence-electron chi connectivity index (χ1n) is 7.70. The third-order valence-corrected chi connectivity index (χ3v) is 3.76. The monoisotopic (exact) mass is 340 g/mol. The van der Waals surface area contributed by atoms with E-state index in [4.69, 9.17) is 0 Å². The number of aliphatic hydroxyl groups excluding tert-OH is 1. The molecule has 7 heteroatoms. The predicted molar refractivity (Wildman–Crippen MR) is 90.1 cm³/mol. The minimum absolute atomic E-state index is 0.0370. The molecule has 25 heavy (non-hydrogen) atoms. The van der Waals surface area contributed by atoms with Crippen molar-refractivity contribution >= 4 is 5.91 Å². The molecule has 1 amide bonds. The molecule has 3 aromatic rings. The normalized spacial score (nSPS) is 12.0. The number of nitrogens with one attached hydrogen (secondary N) is 1. The van der Waals surface area contributed by atoms with Gasteiger partial charge in [-0.1, -0.05) is 12.1 Å². The summed E-state index contributed by atoms with van der Waals surface area (Å²) in [7, 11) is 1.77. The van der Waals surface area contributed by atoms with Gasteiger partial charge in [0.2, 0.25) is 0 Å². The fraction of sp³-hybridized carbons (Fsp3) is 0.167. The third-order valence-electron chi connectivity index (χ3n) is 3.76. The summed E-state index contributed by atoms with van der Waals surface area (Å²) in [4.78, 5) is 20.4. The molecule has 0 spiro atoms. The number of amides is 1.